The fourth-order valence-electron chi connectivity index (χ4n) is 3.90. The molecule has 3 atom stereocenters. The summed E-state index contributed by atoms with van der Waals surface area (Å²) in [6.45, 7) is 7.01. The maximum atomic E-state index is 3.92. The molecule has 0 amide bonds. The molecule has 0 aromatic heterocycles. The molecular formula is C19H29N. The van der Waals surface area contributed by atoms with Crippen molar-refractivity contribution in [2.75, 3.05) is 0 Å². The van der Waals surface area contributed by atoms with Crippen molar-refractivity contribution in [3.8, 4) is 0 Å². The van der Waals surface area contributed by atoms with Gasteiger partial charge in [-0.05, 0) is 62.3 Å². The van der Waals surface area contributed by atoms with Crippen molar-refractivity contribution in [2.24, 2.45) is 11.8 Å². The van der Waals surface area contributed by atoms with Crippen LogP contribution in [0.1, 0.15) is 63.0 Å². The molecule has 0 bridgehead atoms. The summed E-state index contributed by atoms with van der Waals surface area (Å²) >= 11 is 0. The highest BCUT2D eigenvalue weighted by Crippen LogP contribution is 2.38. The van der Waals surface area contributed by atoms with E-state index in [0.717, 1.165) is 29.8 Å². The SMILES string of the molecule is Cc1ccc(C2CC(NC3CCC(C)C(C)C3)C2)cc1. The highest BCUT2D eigenvalue weighted by Gasteiger charge is 2.33. The van der Waals surface area contributed by atoms with E-state index in [1.165, 1.54) is 37.7 Å². The van der Waals surface area contributed by atoms with Gasteiger partial charge in [-0.1, -0.05) is 43.7 Å². The summed E-state index contributed by atoms with van der Waals surface area (Å²) in [5, 5.41) is 3.92. The Morgan fingerprint density at radius 2 is 1.55 bits per heavy atom. The van der Waals surface area contributed by atoms with Crippen LogP contribution in [-0.4, -0.2) is 12.1 Å². The quantitative estimate of drug-likeness (QED) is 0.843. The van der Waals surface area contributed by atoms with Crippen LogP contribution in [0.15, 0.2) is 24.3 Å². The molecule has 2 aliphatic rings. The van der Waals surface area contributed by atoms with E-state index in [4.69, 9.17) is 0 Å². The maximum absolute atomic E-state index is 3.92. The lowest BCUT2D eigenvalue weighted by molar-refractivity contribution is 0.183. The molecular weight excluding hydrogens is 242 g/mol. The summed E-state index contributed by atoms with van der Waals surface area (Å²) < 4.78 is 0. The lowest BCUT2D eigenvalue weighted by atomic mass is 9.74. The normalized spacial score (nSPS) is 37.5. The van der Waals surface area contributed by atoms with Gasteiger partial charge in [0.25, 0.3) is 0 Å². The van der Waals surface area contributed by atoms with Gasteiger partial charge in [0.1, 0.15) is 0 Å². The van der Waals surface area contributed by atoms with E-state index in [1.807, 2.05) is 0 Å². The molecule has 0 aliphatic heterocycles. The van der Waals surface area contributed by atoms with Crippen LogP contribution < -0.4 is 5.32 Å². The van der Waals surface area contributed by atoms with Crippen LogP contribution in [0.2, 0.25) is 0 Å². The highest BCUT2D eigenvalue weighted by molar-refractivity contribution is 5.26. The second-order valence-corrected chi connectivity index (χ2v) is 7.41. The Morgan fingerprint density at radius 3 is 2.20 bits per heavy atom. The Hall–Kier alpha value is -0.820. The predicted molar refractivity (Wildman–Crippen MR) is 86.0 cm³/mol. The first-order valence-electron chi connectivity index (χ1n) is 8.44. The average molecular weight is 271 g/mol. The zero-order valence-corrected chi connectivity index (χ0v) is 13.2. The molecule has 0 heterocycles. The van der Waals surface area contributed by atoms with Gasteiger partial charge in [0.05, 0.1) is 0 Å². The van der Waals surface area contributed by atoms with Crippen LogP contribution in [0.5, 0.6) is 0 Å². The molecule has 0 spiro atoms. The molecule has 1 heteroatoms. The van der Waals surface area contributed by atoms with Crippen molar-refractivity contribution in [2.45, 2.75) is 70.9 Å². The topological polar surface area (TPSA) is 12.0 Å². The van der Waals surface area contributed by atoms with Gasteiger partial charge < -0.3 is 5.32 Å². The van der Waals surface area contributed by atoms with Gasteiger partial charge in [-0.15, -0.1) is 0 Å². The van der Waals surface area contributed by atoms with Gasteiger partial charge in [0.15, 0.2) is 0 Å². The summed E-state index contributed by atoms with van der Waals surface area (Å²) in [4.78, 5) is 0. The summed E-state index contributed by atoms with van der Waals surface area (Å²) in [5.41, 5.74) is 2.91. The third-order valence-electron chi connectivity index (χ3n) is 5.76. The Morgan fingerprint density at radius 1 is 0.850 bits per heavy atom. The summed E-state index contributed by atoms with van der Waals surface area (Å²) in [6, 6.07) is 10.7. The van der Waals surface area contributed by atoms with Gasteiger partial charge in [0.2, 0.25) is 0 Å². The lowest BCUT2D eigenvalue weighted by Gasteiger charge is -2.41. The van der Waals surface area contributed by atoms with E-state index in [2.05, 4.69) is 50.4 Å². The third kappa shape index (κ3) is 3.09. The van der Waals surface area contributed by atoms with Crippen LogP contribution >= 0.6 is 0 Å². The molecule has 2 fully saturated rings. The largest absolute Gasteiger partial charge is 0.311 e. The minimum absolute atomic E-state index is 0.770. The van der Waals surface area contributed by atoms with E-state index in [1.54, 1.807) is 5.56 Å². The van der Waals surface area contributed by atoms with Gasteiger partial charge >= 0.3 is 0 Å². The fraction of sp³-hybridized carbons (Fsp3) is 0.684. The average Bonchev–Trinajstić information content (AvgIpc) is 2.39. The van der Waals surface area contributed by atoms with Gasteiger partial charge in [-0.2, -0.15) is 0 Å². The van der Waals surface area contributed by atoms with Crippen LogP contribution in [0.3, 0.4) is 0 Å². The predicted octanol–water partition coefficient (Wildman–Crippen LogP) is 4.66. The fourth-order valence-corrected chi connectivity index (χ4v) is 3.90. The zero-order chi connectivity index (χ0) is 14.1. The lowest BCUT2D eigenvalue weighted by Crippen LogP contribution is -2.47. The Kier molecular flexibility index (Phi) is 4.16. The smallest absolute Gasteiger partial charge is 0.00813 e. The summed E-state index contributed by atoms with van der Waals surface area (Å²) in [5.74, 6) is 2.62. The number of hydrogen-bond donors (Lipinski definition) is 1. The van der Waals surface area contributed by atoms with Crippen LogP contribution in [0, 0.1) is 18.8 Å². The Labute approximate surface area is 124 Å². The van der Waals surface area contributed by atoms with E-state index in [0.29, 0.717) is 0 Å². The number of rotatable bonds is 3. The van der Waals surface area contributed by atoms with Gasteiger partial charge in [0, 0.05) is 12.1 Å². The molecule has 0 radical (unpaired) electrons. The molecule has 2 saturated carbocycles. The highest BCUT2D eigenvalue weighted by atomic mass is 15.0. The summed E-state index contributed by atoms with van der Waals surface area (Å²) in [6.07, 6.45) is 6.85. The monoisotopic (exact) mass is 271 g/mol. The van der Waals surface area contributed by atoms with Crippen LogP contribution in [-0.2, 0) is 0 Å². The van der Waals surface area contributed by atoms with Crippen molar-refractivity contribution in [1.29, 1.82) is 0 Å². The number of nitrogens with one attached hydrogen (secondary N) is 1. The summed E-state index contributed by atoms with van der Waals surface area (Å²) in [7, 11) is 0. The number of aryl methyl sites for hydroxylation is 1. The molecule has 1 aromatic carbocycles. The molecule has 20 heavy (non-hydrogen) atoms. The van der Waals surface area contributed by atoms with Crippen molar-refractivity contribution < 1.29 is 0 Å². The second-order valence-electron chi connectivity index (χ2n) is 7.41. The minimum atomic E-state index is 0.770. The first-order chi connectivity index (χ1) is 9.61. The maximum Gasteiger partial charge on any atom is 0.00813 e. The van der Waals surface area contributed by atoms with Crippen molar-refractivity contribution in [1.82, 2.24) is 5.32 Å². The van der Waals surface area contributed by atoms with Gasteiger partial charge in [-0.25, -0.2) is 0 Å². The molecule has 110 valence electrons. The van der Waals surface area contributed by atoms with Crippen LogP contribution in [0.4, 0.5) is 0 Å². The Bertz CT molecular complexity index is 430. The zero-order valence-electron chi connectivity index (χ0n) is 13.2. The molecule has 2 aliphatic carbocycles. The van der Waals surface area contributed by atoms with E-state index >= 15 is 0 Å². The second kappa shape index (κ2) is 5.89. The van der Waals surface area contributed by atoms with E-state index in [-0.39, 0.29) is 0 Å². The van der Waals surface area contributed by atoms with Gasteiger partial charge in [-0.3, -0.25) is 0 Å². The van der Waals surface area contributed by atoms with Crippen molar-refractivity contribution >= 4 is 0 Å². The minimum Gasteiger partial charge on any atom is -0.311 e. The van der Waals surface area contributed by atoms with E-state index < -0.39 is 0 Å². The van der Waals surface area contributed by atoms with E-state index in [9.17, 15) is 0 Å². The first-order valence-corrected chi connectivity index (χ1v) is 8.44. The molecule has 1 aromatic rings. The first kappa shape index (κ1) is 14.1. The molecule has 1 N–H and O–H groups in total. The Balaban J connectivity index is 1.45. The number of benzene rings is 1. The molecule has 3 unspecified atom stereocenters. The van der Waals surface area contributed by atoms with Crippen molar-refractivity contribution in [3.63, 3.8) is 0 Å². The van der Waals surface area contributed by atoms with Crippen LogP contribution in [0.25, 0.3) is 0 Å². The molecule has 3 rings (SSSR count). The number of hydrogen-bond acceptors (Lipinski definition) is 1. The molecule has 1 nitrogen and oxygen atoms in total. The third-order valence-corrected chi connectivity index (χ3v) is 5.76. The molecule has 0 saturated heterocycles. The van der Waals surface area contributed by atoms with Crippen molar-refractivity contribution in [3.05, 3.63) is 35.4 Å². The standard InChI is InChI=1S/C19H29N/c1-13-4-7-16(8-5-13)17-11-19(12-17)20-18-9-6-14(2)15(3)10-18/h4-5,7-8,14-15,17-20H,6,9-12H2,1-3H3.